The maximum atomic E-state index is 12.3. The molecule has 30 heavy (non-hydrogen) atoms. The highest BCUT2D eigenvalue weighted by molar-refractivity contribution is 5.86. The second-order valence-corrected chi connectivity index (χ2v) is 7.01. The Labute approximate surface area is 173 Å². The minimum Gasteiger partial charge on any atom is -0.460 e. The number of carbonyl (C=O) groups excluding carboxylic acids is 1. The van der Waals surface area contributed by atoms with Gasteiger partial charge in [0, 0.05) is 24.5 Å². The van der Waals surface area contributed by atoms with E-state index >= 15 is 0 Å². The van der Waals surface area contributed by atoms with Crippen molar-refractivity contribution in [3.63, 3.8) is 0 Å². The van der Waals surface area contributed by atoms with Gasteiger partial charge >= 0.3 is 5.97 Å². The van der Waals surface area contributed by atoms with Crippen molar-refractivity contribution in [1.82, 2.24) is 29.4 Å². The Kier molecular flexibility index (Phi) is 5.42. The highest BCUT2D eigenvalue weighted by Gasteiger charge is 2.19. The first-order chi connectivity index (χ1) is 14.6. The van der Waals surface area contributed by atoms with Gasteiger partial charge in [-0.25, -0.2) is 14.5 Å². The number of carbonyl (C=O) groups is 1. The van der Waals surface area contributed by atoms with Crippen LogP contribution in [0.25, 0.3) is 11.3 Å². The zero-order valence-corrected chi connectivity index (χ0v) is 17.1. The molecule has 0 bridgehead atoms. The molecule has 4 rings (SSSR count). The number of ether oxygens (including phenoxy) is 1. The lowest BCUT2D eigenvalue weighted by atomic mass is 10.1. The van der Waals surface area contributed by atoms with Gasteiger partial charge in [-0.3, -0.25) is 0 Å². The van der Waals surface area contributed by atoms with Gasteiger partial charge in [0.2, 0.25) is 11.8 Å². The van der Waals surface area contributed by atoms with E-state index in [1.54, 1.807) is 28.5 Å². The molecule has 9 heteroatoms. The second-order valence-electron chi connectivity index (χ2n) is 7.01. The zero-order valence-electron chi connectivity index (χ0n) is 17.1. The average molecular weight is 405 g/mol. The van der Waals surface area contributed by atoms with Crippen LogP contribution in [-0.2, 0) is 11.3 Å². The number of fused-ring (bicyclic) bond motifs is 1. The summed E-state index contributed by atoms with van der Waals surface area (Å²) in [4.78, 5) is 21.1. The SMILES string of the molecule is CCOC(=O)c1nc(NCc2ccccc2-n2cccn2)n2ncc(C(C)C)c2n1. The lowest BCUT2D eigenvalue weighted by Crippen LogP contribution is -2.16. The van der Waals surface area contributed by atoms with E-state index in [1.807, 2.05) is 36.5 Å². The summed E-state index contributed by atoms with van der Waals surface area (Å²) >= 11 is 0. The van der Waals surface area contributed by atoms with Gasteiger partial charge in [0.15, 0.2) is 5.65 Å². The summed E-state index contributed by atoms with van der Waals surface area (Å²) in [6.45, 7) is 6.57. The van der Waals surface area contributed by atoms with Crippen molar-refractivity contribution in [2.24, 2.45) is 0 Å². The van der Waals surface area contributed by atoms with Gasteiger partial charge < -0.3 is 10.1 Å². The largest absolute Gasteiger partial charge is 0.460 e. The van der Waals surface area contributed by atoms with Crippen molar-refractivity contribution in [2.75, 3.05) is 11.9 Å². The van der Waals surface area contributed by atoms with Crippen molar-refractivity contribution < 1.29 is 9.53 Å². The third kappa shape index (κ3) is 3.73. The molecule has 1 aromatic carbocycles. The summed E-state index contributed by atoms with van der Waals surface area (Å²) in [7, 11) is 0. The topological polar surface area (TPSA) is 99.2 Å². The Hall–Kier alpha value is -3.75. The molecular weight excluding hydrogens is 382 g/mol. The normalized spacial score (nSPS) is 11.2. The van der Waals surface area contributed by atoms with Gasteiger partial charge in [-0.1, -0.05) is 32.0 Å². The summed E-state index contributed by atoms with van der Waals surface area (Å²) in [6.07, 6.45) is 5.39. The number of nitrogens with one attached hydrogen (secondary N) is 1. The third-order valence-corrected chi connectivity index (χ3v) is 4.66. The van der Waals surface area contributed by atoms with Gasteiger partial charge in [0.05, 0.1) is 18.5 Å². The van der Waals surface area contributed by atoms with Crippen LogP contribution in [0, 0.1) is 0 Å². The maximum Gasteiger partial charge on any atom is 0.376 e. The van der Waals surface area contributed by atoms with E-state index in [9.17, 15) is 4.79 Å². The van der Waals surface area contributed by atoms with Crippen molar-refractivity contribution in [1.29, 1.82) is 0 Å². The Morgan fingerprint density at radius 2 is 2.00 bits per heavy atom. The van der Waals surface area contributed by atoms with Crippen LogP contribution in [-0.4, -0.2) is 41.9 Å². The van der Waals surface area contributed by atoms with Gasteiger partial charge in [-0.05, 0) is 30.5 Å². The number of rotatable bonds is 7. The molecule has 0 saturated carbocycles. The number of hydrogen-bond acceptors (Lipinski definition) is 7. The number of nitrogens with zero attached hydrogens (tertiary/aromatic N) is 6. The predicted molar refractivity (Wildman–Crippen MR) is 112 cm³/mol. The molecule has 0 atom stereocenters. The van der Waals surface area contributed by atoms with Crippen molar-refractivity contribution in [3.8, 4) is 5.69 Å². The molecule has 9 nitrogen and oxygen atoms in total. The Balaban J connectivity index is 1.72. The molecule has 0 unspecified atom stereocenters. The fraction of sp³-hybridized carbons (Fsp3) is 0.286. The molecule has 154 valence electrons. The van der Waals surface area contributed by atoms with E-state index in [0.29, 0.717) is 18.1 Å². The molecule has 0 aliphatic heterocycles. The average Bonchev–Trinajstić information content (AvgIpc) is 3.42. The molecule has 0 aliphatic rings. The molecule has 0 spiro atoms. The molecule has 1 N–H and O–H groups in total. The monoisotopic (exact) mass is 405 g/mol. The summed E-state index contributed by atoms with van der Waals surface area (Å²) in [6, 6.07) is 9.81. The molecule has 0 fully saturated rings. The van der Waals surface area contributed by atoms with Crippen molar-refractivity contribution >= 4 is 17.6 Å². The Morgan fingerprint density at radius 1 is 1.17 bits per heavy atom. The molecule has 0 aliphatic carbocycles. The van der Waals surface area contributed by atoms with E-state index < -0.39 is 5.97 Å². The number of para-hydroxylation sites is 1. The Bertz CT molecular complexity index is 1170. The zero-order chi connectivity index (χ0) is 21.1. The van der Waals surface area contributed by atoms with E-state index in [-0.39, 0.29) is 18.3 Å². The smallest absolute Gasteiger partial charge is 0.376 e. The second kappa shape index (κ2) is 8.32. The van der Waals surface area contributed by atoms with E-state index in [2.05, 4.69) is 39.3 Å². The molecule has 0 saturated heterocycles. The summed E-state index contributed by atoms with van der Waals surface area (Å²) in [5, 5.41) is 12.0. The summed E-state index contributed by atoms with van der Waals surface area (Å²) in [5.41, 5.74) is 3.49. The molecular formula is C21H23N7O2. The van der Waals surface area contributed by atoms with Gasteiger partial charge in [-0.2, -0.15) is 19.7 Å². The number of hydrogen-bond donors (Lipinski definition) is 1. The lowest BCUT2D eigenvalue weighted by Gasteiger charge is -2.13. The predicted octanol–water partition coefficient (Wildman–Crippen LogP) is 3.22. The maximum absolute atomic E-state index is 12.3. The van der Waals surface area contributed by atoms with Crippen LogP contribution in [0.15, 0.2) is 48.9 Å². The molecule has 0 radical (unpaired) electrons. The first-order valence-electron chi connectivity index (χ1n) is 9.83. The van der Waals surface area contributed by atoms with E-state index in [1.165, 1.54) is 0 Å². The fourth-order valence-electron chi connectivity index (χ4n) is 3.17. The number of aromatic nitrogens is 6. The first kappa shape index (κ1) is 19.6. The van der Waals surface area contributed by atoms with Gasteiger partial charge in [0.1, 0.15) is 0 Å². The quantitative estimate of drug-likeness (QED) is 0.471. The highest BCUT2D eigenvalue weighted by atomic mass is 16.5. The van der Waals surface area contributed by atoms with Gasteiger partial charge in [0.25, 0.3) is 0 Å². The minimum absolute atomic E-state index is 0.00890. The van der Waals surface area contributed by atoms with Crippen molar-refractivity contribution in [2.45, 2.75) is 33.2 Å². The highest BCUT2D eigenvalue weighted by Crippen LogP contribution is 2.22. The van der Waals surface area contributed by atoms with Crippen LogP contribution >= 0.6 is 0 Å². The third-order valence-electron chi connectivity index (χ3n) is 4.66. The van der Waals surface area contributed by atoms with Crippen LogP contribution in [0.2, 0.25) is 0 Å². The first-order valence-corrected chi connectivity index (χ1v) is 9.83. The van der Waals surface area contributed by atoms with Gasteiger partial charge in [-0.15, -0.1) is 0 Å². The van der Waals surface area contributed by atoms with Crippen LogP contribution in [0.4, 0.5) is 5.95 Å². The van der Waals surface area contributed by atoms with Crippen LogP contribution in [0.5, 0.6) is 0 Å². The number of benzene rings is 1. The van der Waals surface area contributed by atoms with E-state index in [4.69, 9.17) is 4.74 Å². The lowest BCUT2D eigenvalue weighted by molar-refractivity contribution is 0.0512. The van der Waals surface area contributed by atoms with Crippen LogP contribution < -0.4 is 5.32 Å². The summed E-state index contributed by atoms with van der Waals surface area (Å²) in [5.74, 6) is 0.0663. The van der Waals surface area contributed by atoms with E-state index in [0.717, 1.165) is 16.8 Å². The fourth-order valence-corrected chi connectivity index (χ4v) is 3.17. The minimum atomic E-state index is -0.559. The standard InChI is InChI=1S/C21H23N7O2/c1-4-30-20(29)18-25-19-16(14(2)3)13-24-28(19)21(26-18)22-12-15-8-5-6-9-17(15)27-11-7-10-23-27/h5-11,13-14H,4,12H2,1-3H3,(H,22,25,26). The van der Waals surface area contributed by atoms with Crippen LogP contribution in [0.1, 0.15) is 48.4 Å². The molecule has 0 amide bonds. The van der Waals surface area contributed by atoms with Crippen molar-refractivity contribution in [3.05, 3.63) is 65.9 Å². The Morgan fingerprint density at radius 3 is 2.73 bits per heavy atom. The molecule has 3 aromatic heterocycles. The molecule has 4 aromatic rings. The molecule has 3 heterocycles. The van der Waals surface area contributed by atoms with Crippen LogP contribution in [0.3, 0.4) is 0 Å². The number of esters is 1. The summed E-state index contributed by atoms with van der Waals surface area (Å²) < 4.78 is 8.53. The number of anilines is 1.